The lowest BCUT2D eigenvalue weighted by molar-refractivity contribution is -0.142. The van der Waals surface area contributed by atoms with Gasteiger partial charge in [0.05, 0.1) is 25.3 Å². The summed E-state index contributed by atoms with van der Waals surface area (Å²) in [6.45, 7) is 3.72. The molecule has 5 heterocycles. The molecule has 0 bridgehead atoms. The highest BCUT2D eigenvalue weighted by molar-refractivity contribution is 7.11. The molecule has 6 rings (SSSR count). The number of methoxy groups -OCH3 is 2. The third kappa shape index (κ3) is 6.34. The molecule has 2 aromatic rings. The predicted molar refractivity (Wildman–Crippen MR) is 167 cm³/mol. The summed E-state index contributed by atoms with van der Waals surface area (Å²) in [4.78, 5) is 55.7. The molecule has 2 amide bonds. The van der Waals surface area contributed by atoms with E-state index in [1.165, 1.54) is 36.6 Å². The van der Waals surface area contributed by atoms with Gasteiger partial charge in [-0.2, -0.15) is 0 Å². The molecule has 0 saturated carbocycles. The molecule has 1 aromatic heterocycles. The van der Waals surface area contributed by atoms with Crippen molar-refractivity contribution in [1.82, 2.24) is 29.9 Å². The number of halogens is 2. The Hall–Kier alpha value is -3.63. The van der Waals surface area contributed by atoms with E-state index >= 15 is 0 Å². The van der Waals surface area contributed by atoms with E-state index in [1.807, 2.05) is 20.1 Å². The summed E-state index contributed by atoms with van der Waals surface area (Å²) < 4.78 is 24.4. The Morgan fingerprint density at radius 3 is 2.70 bits per heavy atom. The topological polar surface area (TPSA) is 140 Å². The number of esters is 1. The normalized spacial score (nSPS) is 25.5. The van der Waals surface area contributed by atoms with Gasteiger partial charge in [-0.15, -0.1) is 11.3 Å². The van der Waals surface area contributed by atoms with Crippen LogP contribution >= 0.6 is 22.9 Å². The molecule has 13 nitrogen and oxygen atoms in total. The Bertz CT molecular complexity index is 1560. The Kier molecular flexibility index (Phi) is 9.57. The number of hydrogen-bond donors (Lipinski definition) is 2. The summed E-state index contributed by atoms with van der Waals surface area (Å²) >= 11 is 7.86. The minimum Gasteiger partial charge on any atom is -0.480 e. The lowest BCUT2D eigenvalue weighted by Crippen LogP contribution is -2.53. The van der Waals surface area contributed by atoms with Crippen molar-refractivity contribution in [2.24, 2.45) is 4.99 Å². The van der Waals surface area contributed by atoms with Gasteiger partial charge >= 0.3 is 18.0 Å². The lowest BCUT2D eigenvalue weighted by Gasteiger charge is -2.38. The van der Waals surface area contributed by atoms with Crippen molar-refractivity contribution in [3.8, 4) is 0 Å². The van der Waals surface area contributed by atoms with E-state index in [2.05, 4.69) is 15.2 Å². The number of carbonyl (C=O) groups excluding carboxylic acids is 2. The van der Waals surface area contributed by atoms with Gasteiger partial charge in [-0.3, -0.25) is 19.6 Å². The highest BCUT2D eigenvalue weighted by Gasteiger charge is 2.48. The average Bonchev–Trinajstić information content (AvgIpc) is 3.79. The number of fused-ring (bicyclic) bond motifs is 1. The van der Waals surface area contributed by atoms with Crippen LogP contribution < -0.4 is 5.32 Å². The van der Waals surface area contributed by atoms with E-state index in [-0.39, 0.29) is 28.7 Å². The van der Waals surface area contributed by atoms with Crippen molar-refractivity contribution in [1.29, 1.82) is 0 Å². The first-order valence-electron chi connectivity index (χ1n) is 14.9. The molecule has 4 atom stereocenters. The van der Waals surface area contributed by atoms with Crippen LogP contribution in [0.4, 0.5) is 9.18 Å². The molecule has 0 radical (unpaired) electrons. The maximum atomic E-state index is 14.0. The Morgan fingerprint density at radius 2 is 2.00 bits per heavy atom. The third-order valence-electron chi connectivity index (χ3n) is 8.96. The van der Waals surface area contributed by atoms with Gasteiger partial charge in [-0.05, 0) is 18.6 Å². The number of rotatable bonds is 10. The number of carboxylic acids is 1. The fourth-order valence-electron chi connectivity index (χ4n) is 6.76. The van der Waals surface area contributed by atoms with Crippen LogP contribution in [0.15, 0.2) is 46.0 Å². The van der Waals surface area contributed by atoms with Crippen molar-refractivity contribution in [2.45, 2.75) is 30.6 Å². The van der Waals surface area contributed by atoms with Gasteiger partial charge in [0.15, 0.2) is 10.8 Å². The molecular weight excluding hydrogens is 641 g/mol. The number of nitrogens with one attached hydrogen (secondary N) is 1. The lowest BCUT2D eigenvalue weighted by atomic mass is 9.95. The maximum absolute atomic E-state index is 14.0. The van der Waals surface area contributed by atoms with E-state index in [9.17, 15) is 23.9 Å². The first kappa shape index (κ1) is 32.3. The third-order valence-corrected chi connectivity index (χ3v) is 10.1. The number of aliphatic carboxylic acids is 1. The highest BCUT2D eigenvalue weighted by Crippen LogP contribution is 2.37. The van der Waals surface area contributed by atoms with E-state index in [1.54, 1.807) is 13.3 Å². The number of aromatic nitrogens is 1. The van der Waals surface area contributed by atoms with Gasteiger partial charge in [0.2, 0.25) is 0 Å². The number of benzene rings is 1. The van der Waals surface area contributed by atoms with Crippen LogP contribution in [-0.4, -0.2) is 138 Å². The second kappa shape index (κ2) is 13.6. The summed E-state index contributed by atoms with van der Waals surface area (Å²) in [5.74, 6) is -1.55. The predicted octanol–water partition coefficient (Wildman–Crippen LogP) is 2.05. The molecular formula is C30H35ClFN7O6S. The number of carboxylic acid groups (broad SMARTS) is 1. The smallest absolute Gasteiger partial charge is 0.338 e. The van der Waals surface area contributed by atoms with Crippen molar-refractivity contribution >= 4 is 46.7 Å². The van der Waals surface area contributed by atoms with E-state index in [0.29, 0.717) is 80.9 Å². The molecule has 4 aliphatic rings. The molecule has 4 aliphatic heterocycles. The van der Waals surface area contributed by atoms with Crippen LogP contribution in [-0.2, 0) is 19.1 Å². The zero-order valence-corrected chi connectivity index (χ0v) is 27.0. The number of aliphatic imine (C=N–C) groups is 1. The van der Waals surface area contributed by atoms with Crippen molar-refractivity contribution in [2.75, 3.05) is 66.6 Å². The van der Waals surface area contributed by atoms with E-state index in [4.69, 9.17) is 26.1 Å². The number of piperazine rings is 1. The van der Waals surface area contributed by atoms with Crippen LogP contribution in [0.3, 0.4) is 0 Å². The quantitative estimate of drug-likeness (QED) is 0.360. The first-order valence-corrected chi connectivity index (χ1v) is 16.2. The Labute approximate surface area is 274 Å². The molecule has 3 fully saturated rings. The summed E-state index contributed by atoms with van der Waals surface area (Å²) in [7, 11) is 2.87. The zero-order chi connectivity index (χ0) is 32.5. The van der Waals surface area contributed by atoms with Gasteiger partial charge in [0, 0.05) is 86.8 Å². The van der Waals surface area contributed by atoms with Crippen LogP contribution in [0.25, 0.3) is 0 Å². The van der Waals surface area contributed by atoms with Crippen LogP contribution in [0, 0.1) is 5.82 Å². The number of carbonyl (C=O) groups is 3. The number of nitrogens with zero attached hydrogens (tertiary/aromatic N) is 6. The fraction of sp³-hybridized carbons (Fsp3) is 0.500. The van der Waals surface area contributed by atoms with E-state index < -0.39 is 29.8 Å². The van der Waals surface area contributed by atoms with Gasteiger partial charge in [-0.1, -0.05) is 17.7 Å². The van der Waals surface area contributed by atoms with E-state index in [0.717, 1.165) is 0 Å². The molecule has 1 unspecified atom stereocenters. The average molecular weight is 676 g/mol. The second-order valence-electron chi connectivity index (χ2n) is 11.6. The molecule has 0 aliphatic carbocycles. The number of thiazole rings is 1. The zero-order valence-electron chi connectivity index (χ0n) is 25.4. The molecule has 1 aromatic carbocycles. The van der Waals surface area contributed by atoms with Crippen molar-refractivity contribution in [3.63, 3.8) is 0 Å². The van der Waals surface area contributed by atoms with Crippen LogP contribution in [0.2, 0.25) is 5.02 Å². The summed E-state index contributed by atoms with van der Waals surface area (Å²) in [6, 6.07) is 2.04. The number of amides is 2. The van der Waals surface area contributed by atoms with Crippen LogP contribution in [0.5, 0.6) is 0 Å². The number of hydrogen-bond acceptors (Lipinski definition) is 11. The van der Waals surface area contributed by atoms with Gasteiger partial charge in [0.1, 0.15) is 17.9 Å². The maximum Gasteiger partial charge on any atom is 0.338 e. The molecule has 3 saturated heterocycles. The molecule has 246 valence electrons. The molecule has 16 heteroatoms. The van der Waals surface area contributed by atoms with Crippen LogP contribution in [0.1, 0.15) is 23.0 Å². The van der Waals surface area contributed by atoms with Gasteiger partial charge < -0.3 is 29.7 Å². The highest BCUT2D eigenvalue weighted by atomic mass is 35.5. The summed E-state index contributed by atoms with van der Waals surface area (Å²) in [5, 5.41) is 15.7. The van der Waals surface area contributed by atoms with Gasteiger partial charge in [0.25, 0.3) is 0 Å². The van der Waals surface area contributed by atoms with Gasteiger partial charge in [-0.25, -0.2) is 19.0 Å². The number of urea groups is 1. The molecule has 0 spiro atoms. The standard InChI is InChI=1S/C30H35ClFN7O6S/c1-44-9-8-37-14-18(12-23(37)28(40)41)39-15-19-13-36(6-7-38(19)30(39)43)16-22-24(29(42)45-2)25(20-4-3-17(32)11-21(20)31)35-26(34-22)27-33-5-10-46-27/h3-5,10-11,18-19,23,25H,6-9,12-16H2,1-2H3,(H,34,35)(H,40,41)/t18-,19-,23+,25?/m0/s1. The fourth-order valence-corrected chi connectivity index (χ4v) is 7.61. The number of likely N-dealkylation sites (tertiary alicyclic amines) is 1. The monoisotopic (exact) mass is 675 g/mol. The second-order valence-corrected chi connectivity index (χ2v) is 12.9. The largest absolute Gasteiger partial charge is 0.480 e. The van der Waals surface area contributed by atoms with Crippen molar-refractivity contribution < 1.29 is 33.4 Å². The number of ether oxygens (including phenoxy) is 2. The molecule has 46 heavy (non-hydrogen) atoms. The summed E-state index contributed by atoms with van der Waals surface area (Å²) in [6.07, 6.45) is 2.02. The molecule has 2 N–H and O–H groups in total. The SMILES string of the molecule is COCCN1C[C@@H](N2C[C@@H]3CN(CC4=C(C(=O)OC)C(c5ccc(F)cc5Cl)N=C(c5nccs5)N4)CCN3C2=O)C[C@@H]1C(=O)O. The van der Waals surface area contributed by atoms with Crippen molar-refractivity contribution in [3.05, 3.63) is 62.5 Å². The Balaban J connectivity index is 1.23. The minimum absolute atomic E-state index is 0.0816. The summed E-state index contributed by atoms with van der Waals surface area (Å²) in [5.41, 5.74) is 1.26. The number of amidine groups is 1. The first-order chi connectivity index (χ1) is 22.2. The minimum atomic E-state index is -0.898. The Morgan fingerprint density at radius 1 is 1.17 bits per heavy atom.